The molecule has 0 atom stereocenters. The van der Waals surface area contributed by atoms with E-state index >= 15 is 0 Å². The van der Waals surface area contributed by atoms with E-state index in [1.54, 1.807) is 0 Å². The number of benzene rings is 3. The molecule has 0 amide bonds. The molecule has 16 heteroatoms. The fraction of sp³-hybridized carbons (Fsp3) is 0.143. The van der Waals surface area contributed by atoms with Crippen LogP contribution in [-0.4, -0.2) is 13.7 Å². The van der Waals surface area contributed by atoms with Crippen molar-refractivity contribution in [3.63, 3.8) is 0 Å². The van der Waals surface area contributed by atoms with E-state index in [1.807, 2.05) is 0 Å². The molecule has 0 aromatic heterocycles. The van der Waals surface area contributed by atoms with Crippen LogP contribution in [0.15, 0.2) is 72.8 Å². The third-order valence-corrected chi connectivity index (χ3v) is 7.02. The second-order valence-electron chi connectivity index (χ2n) is 6.35. The first-order valence-electron chi connectivity index (χ1n) is 9.20. The van der Waals surface area contributed by atoms with Gasteiger partial charge in [-0.05, 0) is 61.3 Å². The monoisotopic (exact) mass is 568 g/mol. The molecule has 3 aromatic rings. The Bertz CT molecular complexity index is 1100. The molecular weight excluding hydrogens is 544 g/mol. The molecule has 0 spiro atoms. The summed E-state index contributed by atoms with van der Waals surface area (Å²) in [5, 5.41) is 4.38. The minimum Gasteiger partial charge on any atom is -0.439 e. The van der Waals surface area contributed by atoms with Gasteiger partial charge in [0.25, 0.3) is 0 Å². The smallest absolute Gasteiger partial charge is 0.439 e. The first-order chi connectivity index (χ1) is 15.9. The minimum atomic E-state index is -2.86. The predicted molar refractivity (Wildman–Crippen MR) is 133 cm³/mol. The zero-order valence-corrected chi connectivity index (χ0v) is 24.7. The molecule has 3 rings (SSSR count). The summed E-state index contributed by atoms with van der Waals surface area (Å²) in [5.74, 6) is 0. The summed E-state index contributed by atoms with van der Waals surface area (Å²) in [4.78, 5) is 0. The number of hydrogen-bond acceptors (Lipinski definition) is 9. The van der Waals surface area contributed by atoms with Crippen LogP contribution in [0.2, 0.25) is 0 Å². The summed E-state index contributed by atoms with van der Waals surface area (Å²) in [5.41, 5.74) is 4.13. The molecule has 0 aliphatic carbocycles. The normalized spacial score (nSPS) is 9.24. The minimum absolute atomic E-state index is 0. The van der Waals surface area contributed by atoms with Gasteiger partial charge in [-0.1, -0.05) is 72.8 Å². The second kappa shape index (κ2) is 24.6. The summed E-state index contributed by atoms with van der Waals surface area (Å²) in [7, 11) is -9.09. The van der Waals surface area contributed by atoms with Crippen LogP contribution in [0.4, 0.5) is 0 Å². The largest absolute Gasteiger partial charge is 1.00 e. The molecule has 9 nitrogen and oxygen atoms in total. The topological polar surface area (TPSA) is 163 Å². The quantitative estimate of drug-likeness (QED) is 0.0921. The maximum atomic E-state index is 8.56. The van der Waals surface area contributed by atoms with Crippen molar-refractivity contribution in [1.29, 1.82) is 0 Å². The zero-order chi connectivity index (χ0) is 26.3. The maximum absolute atomic E-state index is 8.56. The van der Waals surface area contributed by atoms with Crippen molar-refractivity contribution in [2.45, 2.75) is 20.8 Å². The fourth-order valence-electron chi connectivity index (χ4n) is 2.83. The number of rotatable bonds is 3. The number of aryl methyl sites for hydroxylation is 3. The van der Waals surface area contributed by atoms with Crippen LogP contribution in [-0.2, 0) is 58.2 Å². The van der Waals surface area contributed by atoms with Crippen molar-refractivity contribution in [1.82, 2.24) is 0 Å². The molecule has 188 valence electrons. The van der Waals surface area contributed by atoms with Gasteiger partial charge in [-0.3, -0.25) is 0 Å². The van der Waals surface area contributed by atoms with Crippen molar-refractivity contribution in [2.24, 2.45) is 0 Å². The molecule has 0 saturated heterocycles. The first-order valence-corrected chi connectivity index (χ1v) is 13.6. The van der Waals surface area contributed by atoms with Crippen molar-refractivity contribution in [3.05, 3.63) is 89.5 Å². The van der Waals surface area contributed by atoms with Gasteiger partial charge in [0.1, 0.15) is 0 Å². The van der Waals surface area contributed by atoms with E-state index in [1.165, 1.54) is 32.6 Å². The summed E-state index contributed by atoms with van der Waals surface area (Å²) >= 11 is 0. The standard InChI is InChI=1S/C21H21P.3Li.3HO3S/c1-16-10-4-7-13-19(16)22(20-14-8-5-11-17(20)2)21-15-9-6-12-18(21)3;;;;3*1-4(2)3/h4-15H,1-3H3;;;;3*(H,1,2,3)/q;3*+1;3*-1. The van der Waals surface area contributed by atoms with Crippen LogP contribution in [0.25, 0.3) is 0 Å². The second-order valence-corrected chi connectivity index (χ2v) is 9.77. The SMILES string of the molecule is Cc1ccccc1P(c1ccccc1C)c1ccccc1C.O=[S-](=O)O.O=[S-](=O)O.O=[S-](=O)O.[Li+].[Li+].[Li+]. The first kappa shape index (κ1) is 43.7. The van der Waals surface area contributed by atoms with Crippen molar-refractivity contribution >= 4 is 56.8 Å². The molecular formula is C21H24Li3O9PS3. The van der Waals surface area contributed by atoms with Gasteiger partial charge in [0.05, 0.1) is 0 Å². The van der Waals surface area contributed by atoms with Crippen LogP contribution in [0, 0.1) is 20.8 Å². The molecule has 0 unspecified atom stereocenters. The van der Waals surface area contributed by atoms with E-state index in [-0.39, 0.29) is 56.6 Å². The Morgan fingerprint density at radius 1 is 0.459 bits per heavy atom. The summed E-state index contributed by atoms with van der Waals surface area (Å²) in [6, 6.07) is 26.4. The van der Waals surface area contributed by atoms with Gasteiger partial charge in [0.2, 0.25) is 0 Å². The zero-order valence-electron chi connectivity index (χ0n) is 21.4. The van der Waals surface area contributed by atoms with Gasteiger partial charge in [-0.15, -0.1) is 0 Å². The van der Waals surface area contributed by atoms with Crippen LogP contribution in [0.3, 0.4) is 0 Å². The average Bonchev–Trinajstić information content (AvgIpc) is 2.71. The average molecular weight is 568 g/mol. The Morgan fingerprint density at radius 2 is 0.622 bits per heavy atom. The van der Waals surface area contributed by atoms with E-state index in [4.69, 9.17) is 38.9 Å². The maximum Gasteiger partial charge on any atom is 1.00 e. The summed E-state index contributed by atoms with van der Waals surface area (Å²) in [6.07, 6.45) is 0. The molecule has 0 fully saturated rings. The number of hydrogen-bond donors (Lipinski definition) is 3. The fourth-order valence-corrected chi connectivity index (χ4v) is 5.60. The van der Waals surface area contributed by atoms with Crippen molar-refractivity contribution < 1.29 is 95.5 Å². The molecule has 0 saturated carbocycles. The van der Waals surface area contributed by atoms with Gasteiger partial charge in [0, 0.05) is 33.0 Å². The van der Waals surface area contributed by atoms with Gasteiger partial charge in [-0.2, -0.15) is 0 Å². The van der Waals surface area contributed by atoms with E-state index in [2.05, 4.69) is 93.6 Å². The Labute approximate surface area is 260 Å². The van der Waals surface area contributed by atoms with Gasteiger partial charge >= 0.3 is 56.6 Å². The Kier molecular flexibility index (Phi) is 29.1. The van der Waals surface area contributed by atoms with Gasteiger partial charge < -0.3 is 38.9 Å². The Balaban J connectivity index is -0.000000309. The van der Waals surface area contributed by atoms with E-state index in [0.717, 1.165) is 0 Å². The van der Waals surface area contributed by atoms with E-state index in [0.29, 0.717) is 0 Å². The molecule has 3 aromatic carbocycles. The molecule has 0 aliphatic heterocycles. The molecule has 0 aliphatic rings. The van der Waals surface area contributed by atoms with Crippen LogP contribution >= 0.6 is 7.92 Å². The summed E-state index contributed by atoms with van der Waals surface area (Å²) in [6.45, 7) is 6.67. The van der Waals surface area contributed by atoms with Gasteiger partial charge in [-0.25, -0.2) is 0 Å². The van der Waals surface area contributed by atoms with Crippen molar-refractivity contribution in [2.75, 3.05) is 0 Å². The third-order valence-electron chi connectivity index (χ3n) is 4.07. The summed E-state index contributed by atoms with van der Waals surface area (Å²) < 4.78 is 72.2. The van der Waals surface area contributed by atoms with Crippen LogP contribution in [0.5, 0.6) is 0 Å². The molecule has 0 bridgehead atoms. The molecule has 37 heavy (non-hydrogen) atoms. The van der Waals surface area contributed by atoms with Gasteiger partial charge in [0.15, 0.2) is 0 Å². The van der Waals surface area contributed by atoms with E-state index < -0.39 is 40.9 Å². The van der Waals surface area contributed by atoms with Crippen LogP contribution < -0.4 is 72.5 Å². The molecule has 0 radical (unpaired) electrons. The third kappa shape index (κ3) is 20.2. The molecule has 0 heterocycles. The van der Waals surface area contributed by atoms with E-state index in [9.17, 15) is 0 Å². The van der Waals surface area contributed by atoms with Crippen LogP contribution in [0.1, 0.15) is 16.7 Å². The Morgan fingerprint density at radius 3 is 0.784 bits per heavy atom. The van der Waals surface area contributed by atoms with Crippen molar-refractivity contribution in [3.8, 4) is 0 Å². The molecule has 3 N–H and O–H groups in total. The predicted octanol–water partition coefficient (Wildman–Crippen LogP) is -5.31. The Hall–Kier alpha value is -0.388.